The van der Waals surface area contributed by atoms with Gasteiger partial charge in [-0.25, -0.2) is 0 Å². The number of hydrogen-bond acceptors (Lipinski definition) is 1. The van der Waals surface area contributed by atoms with Gasteiger partial charge in [0.25, 0.3) is 0 Å². The fourth-order valence-electron chi connectivity index (χ4n) is 1.33. The summed E-state index contributed by atoms with van der Waals surface area (Å²) in [6.45, 7) is 6.09. The van der Waals surface area contributed by atoms with Gasteiger partial charge in [-0.3, -0.25) is 0 Å². The summed E-state index contributed by atoms with van der Waals surface area (Å²) >= 11 is 5.85. The molecule has 0 radical (unpaired) electrons. The Morgan fingerprint density at radius 2 is 2.07 bits per heavy atom. The Morgan fingerprint density at radius 3 is 2.71 bits per heavy atom. The highest BCUT2D eigenvalue weighted by molar-refractivity contribution is 6.20. The third-order valence-corrected chi connectivity index (χ3v) is 2.51. The Kier molecular flexibility index (Phi) is 4.99. The smallest absolute Gasteiger partial charge is 0.0319 e. The number of nitrogens with one attached hydrogen (secondary N) is 1. The Hall–Kier alpha value is -0.530. The van der Waals surface area contributed by atoms with Crippen molar-refractivity contribution >= 4 is 11.6 Å². The lowest BCUT2D eigenvalue weighted by Gasteiger charge is -2.08. The van der Waals surface area contributed by atoms with E-state index in [9.17, 15) is 0 Å². The second kappa shape index (κ2) is 6.05. The molecule has 0 bridgehead atoms. The van der Waals surface area contributed by atoms with Crippen LogP contribution >= 0.6 is 11.6 Å². The molecule has 0 spiro atoms. The van der Waals surface area contributed by atoms with Gasteiger partial charge >= 0.3 is 0 Å². The lowest BCUT2D eigenvalue weighted by Crippen LogP contribution is -2.17. The second-order valence-corrected chi connectivity index (χ2v) is 4.42. The number of alkyl halides is 1. The van der Waals surface area contributed by atoms with Gasteiger partial charge in [-0.05, 0) is 37.9 Å². The van der Waals surface area contributed by atoms with Crippen molar-refractivity contribution in [1.29, 1.82) is 0 Å². The molecule has 0 saturated carbocycles. The first-order chi connectivity index (χ1) is 6.70. The van der Waals surface area contributed by atoms with Gasteiger partial charge < -0.3 is 5.32 Å². The Morgan fingerprint density at radius 1 is 1.36 bits per heavy atom. The van der Waals surface area contributed by atoms with Crippen molar-refractivity contribution in [1.82, 2.24) is 5.32 Å². The van der Waals surface area contributed by atoms with Crippen LogP contribution in [0.15, 0.2) is 24.3 Å². The van der Waals surface area contributed by atoms with Crippen LogP contribution in [0.3, 0.4) is 0 Å². The Bertz CT molecular complexity index is 271. The predicted octanol–water partition coefficient (Wildman–Crippen LogP) is 3.10. The van der Waals surface area contributed by atoms with Crippen molar-refractivity contribution in [2.24, 2.45) is 0 Å². The number of aryl methyl sites for hydroxylation is 1. The SMILES string of the molecule is Cc1ccccc1CNCCC(C)Cl. The van der Waals surface area contributed by atoms with Crippen molar-refractivity contribution in [3.63, 3.8) is 0 Å². The highest BCUT2D eigenvalue weighted by atomic mass is 35.5. The maximum Gasteiger partial charge on any atom is 0.0319 e. The molecule has 1 aromatic rings. The van der Waals surface area contributed by atoms with E-state index in [1.807, 2.05) is 6.92 Å². The average molecular weight is 212 g/mol. The van der Waals surface area contributed by atoms with Crippen LogP contribution in [0, 0.1) is 6.92 Å². The first kappa shape index (κ1) is 11.5. The first-order valence-corrected chi connectivity index (χ1v) is 5.53. The van der Waals surface area contributed by atoms with E-state index in [2.05, 4.69) is 36.5 Å². The number of hydrogen-bond donors (Lipinski definition) is 1. The van der Waals surface area contributed by atoms with Crippen LogP contribution in [0.4, 0.5) is 0 Å². The van der Waals surface area contributed by atoms with E-state index in [0.29, 0.717) is 0 Å². The van der Waals surface area contributed by atoms with E-state index in [1.165, 1.54) is 11.1 Å². The second-order valence-electron chi connectivity index (χ2n) is 3.67. The van der Waals surface area contributed by atoms with Gasteiger partial charge in [0, 0.05) is 11.9 Å². The zero-order chi connectivity index (χ0) is 10.4. The van der Waals surface area contributed by atoms with E-state index < -0.39 is 0 Å². The molecule has 0 aliphatic heterocycles. The Balaban J connectivity index is 2.28. The fraction of sp³-hybridized carbons (Fsp3) is 0.500. The standard InChI is InChI=1S/C12H18ClN/c1-10-5-3-4-6-12(10)9-14-8-7-11(2)13/h3-6,11,14H,7-9H2,1-2H3. The monoisotopic (exact) mass is 211 g/mol. The molecule has 1 aromatic carbocycles. The quantitative estimate of drug-likeness (QED) is 0.583. The van der Waals surface area contributed by atoms with Crippen molar-refractivity contribution in [2.75, 3.05) is 6.54 Å². The molecular formula is C12H18ClN. The summed E-state index contributed by atoms with van der Waals surface area (Å²) in [7, 11) is 0. The van der Waals surface area contributed by atoms with E-state index in [1.54, 1.807) is 0 Å². The number of halogens is 1. The van der Waals surface area contributed by atoms with Crippen LogP contribution in [0.2, 0.25) is 0 Å². The summed E-state index contributed by atoms with van der Waals surface area (Å²) in [5.74, 6) is 0. The van der Waals surface area contributed by atoms with Crippen LogP contribution in [0.25, 0.3) is 0 Å². The lowest BCUT2D eigenvalue weighted by molar-refractivity contribution is 0.643. The third-order valence-electron chi connectivity index (χ3n) is 2.30. The molecule has 2 heteroatoms. The molecule has 0 fully saturated rings. The van der Waals surface area contributed by atoms with Crippen LogP contribution < -0.4 is 5.32 Å². The zero-order valence-electron chi connectivity index (χ0n) is 8.89. The topological polar surface area (TPSA) is 12.0 Å². The minimum absolute atomic E-state index is 0.263. The van der Waals surface area contributed by atoms with E-state index in [-0.39, 0.29) is 5.38 Å². The van der Waals surface area contributed by atoms with Crippen molar-refractivity contribution < 1.29 is 0 Å². The summed E-state index contributed by atoms with van der Waals surface area (Å²) in [6.07, 6.45) is 1.02. The molecule has 1 atom stereocenters. The number of benzene rings is 1. The van der Waals surface area contributed by atoms with Gasteiger partial charge in [0.2, 0.25) is 0 Å². The van der Waals surface area contributed by atoms with Gasteiger partial charge in [0.1, 0.15) is 0 Å². The molecule has 78 valence electrons. The van der Waals surface area contributed by atoms with E-state index in [0.717, 1.165) is 19.5 Å². The first-order valence-electron chi connectivity index (χ1n) is 5.09. The Labute approximate surface area is 91.5 Å². The molecule has 0 amide bonds. The molecule has 1 nitrogen and oxygen atoms in total. The number of rotatable bonds is 5. The van der Waals surface area contributed by atoms with Gasteiger partial charge in [-0.2, -0.15) is 0 Å². The van der Waals surface area contributed by atoms with Gasteiger partial charge in [0.05, 0.1) is 0 Å². The molecule has 14 heavy (non-hydrogen) atoms. The molecule has 1 N–H and O–H groups in total. The van der Waals surface area contributed by atoms with Gasteiger partial charge in [-0.1, -0.05) is 24.3 Å². The van der Waals surface area contributed by atoms with Crippen molar-refractivity contribution in [2.45, 2.75) is 32.2 Å². The van der Waals surface area contributed by atoms with E-state index >= 15 is 0 Å². The summed E-state index contributed by atoms with van der Waals surface area (Å²) < 4.78 is 0. The minimum atomic E-state index is 0.263. The molecule has 0 heterocycles. The summed E-state index contributed by atoms with van der Waals surface area (Å²) in [4.78, 5) is 0. The van der Waals surface area contributed by atoms with Crippen LogP contribution in [-0.2, 0) is 6.54 Å². The lowest BCUT2D eigenvalue weighted by atomic mass is 10.1. The summed E-state index contributed by atoms with van der Waals surface area (Å²) in [6, 6.07) is 8.45. The fourth-order valence-corrected chi connectivity index (χ4v) is 1.44. The normalized spacial score (nSPS) is 12.8. The summed E-state index contributed by atoms with van der Waals surface area (Å²) in [5.41, 5.74) is 2.72. The highest BCUT2D eigenvalue weighted by Gasteiger charge is 1.97. The molecule has 0 aromatic heterocycles. The van der Waals surface area contributed by atoms with Crippen molar-refractivity contribution in [3.05, 3.63) is 35.4 Å². The molecule has 0 aliphatic rings. The predicted molar refractivity (Wildman–Crippen MR) is 62.8 cm³/mol. The van der Waals surface area contributed by atoms with Crippen molar-refractivity contribution in [3.8, 4) is 0 Å². The largest absolute Gasteiger partial charge is 0.313 e. The molecule has 0 aliphatic carbocycles. The maximum atomic E-state index is 5.85. The van der Waals surface area contributed by atoms with Crippen LogP contribution in [0.5, 0.6) is 0 Å². The summed E-state index contributed by atoms with van der Waals surface area (Å²) in [5, 5.41) is 3.65. The zero-order valence-corrected chi connectivity index (χ0v) is 9.64. The average Bonchev–Trinajstić information content (AvgIpc) is 2.15. The van der Waals surface area contributed by atoms with E-state index in [4.69, 9.17) is 11.6 Å². The molecule has 1 unspecified atom stereocenters. The van der Waals surface area contributed by atoms with Gasteiger partial charge in [0.15, 0.2) is 0 Å². The molecular weight excluding hydrogens is 194 g/mol. The highest BCUT2D eigenvalue weighted by Crippen LogP contribution is 2.06. The van der Waals surface area contributed by atoms with Crippen LogP contribution in [0.1, 0.15) is 24.5 Å². The minimum Gasteiger partial charge on any atom is -0.313 e. The molecule has 0 saturated heterocycles. The van der Waals surface area contributed by atoms with Crippen LogP contribution in [-0.4, -0.2) is 11.9 Å². The maximum absolute atomic E-state index is 5.85. The molecule has 1 rings (SSSR count). The third kappa shape index (κ3) is 4.12. The van der Waals surface area contributed by atoms with Gasteiger partial charge in [-0.15, -0.1) is 11.6 Å².